The first-order chi connectivity index (χ1) is 14.3. The molecule has 0 amide bonds. The van der Waals surface area contributed by atoms with Gasteiger partial charge in [-0.05, 0) is 20.8 Å². The van der Waals surface area contributed by atoms with Crippen molar-refractivity contribution in [3.8, 4) is 0 Å². The average Bonchev–Trinajstić information content (AvgIpc) is 2.71. The van der Waals surface area contributed by atoms with Crippen molar-refractivity contribution in [2.45, 2.75) is 26.7 Å². The Morgan fingerprint density at radius 2 is 0.871 bits per heavy atom. The Bertz CT molecular complexity index is 652. The van der Waals surface area contributed by atoms with Crippen molar-refractivity contribution in [2.75, 3.05) is 33.0 Å². The molecule has 0 rings (SSSR count). The van der Waals surface area contributed by atoms with Crippen LogP contribution in [0, 0.1) is 10.8 Å². The summed E-state index contributed by atoms with van der Waals surface area (Å²) in [6.45, 7) is 7.64. The van der Waals surface area contributed by atoms with E-state index in [-0.39, 0.29) is 16.7 Å². The van der Waals surface area contributed by atoms with Crippen molar-refractivity contribution in [3.05, 3.63) is 36.5 Å². The van der Waals surface area contributed by atoms with Gasteiger partial charge in [0.05, 0.1) is 38.4 Å². The van der Waals surface area contributed by atoms with Crippen LogP contribution in [-0.4, -0.2) is 82.4 Å². The molecule has 0 aliphatic heterocycles. The smallest absolute Gasteiger partial charge is 0.396 e. The van der Waals surface area contributed by atoms with Gasteiger partial charge in [0.15, 0.2) is 0 Å². The number of ether oxygens (including phenoxy) is 3. The largest absolute Gasteiger partial charge is 0.435 e. The fraction of sp³-hybridized carbons (Fsp3) is 0.550. The number of carbonyl (C=O) groups excluding carboxylic acids is 3. The molecule has 5 N–H and O–H groups in total. The lowest BCUT2D eigenvalue weighted by Crippen LogP contribution is -2.70. The van der Waals surface area contributed by atoms with E-state index in [1.807, 2.05) is 0 Å². The number of aliphatic hydroxyl groups excluding tert-OH is 5. The van der Waals surface area contributed by atoms with Crippen LogP contribution >= 0.6 is 0 Å². The molecule has 11 heteroatoms. The third-order valence-corrected chi connectivity index (χ3v) is 4.78. The van der Waals surface area contributed by atoms with Crippen LogP contribution < -0.4 is 0 Å². The second-order valence-corrected chi connectivity index (χ2v) is 7.22. The van der Waals surface area contributed by atoms with Crippen molar-refractivity contribution in [2.24, 2.45) is 10.8 Å². The molecule has 0 saturated carbocycles. The van der Waals surface area contributed by atoms with Crippen LogP contribution in [-0.2, 0) is 28.6 Å². The number of carbonyl (C=O) groups is 3. The Kier molecular flexibility index (Phi) is 10.2. The molecule has 0 bridgehead atoms. The maximum atomic E-state index is 12.4. The van der Waals surface area contributed by atoms with E-state index >= 15 is 0 Å². The summed E-state index contributed by atoms with van der Waals surface area (Å²) in [6, 6.07) is 0. The highest BCUT2D eigenvalue weighted by Crippen LogP contribution is 2.50. The van der Waals surface area contributed by atoms with Gasteiger partial charge >= 0.3 is 23.9 Å². The maximum Gasteiger partial charge on any atom is 0.435 e. The van der Waals surface area contributed by atoms with Gasteiger partial charge in [-0.25, -0.2) is 14.4 Å². The molecule has 31 heavy (non-hydrogen) atoms. The van der Waals surface area contributed by atoms with Gasteiger partial charge in [0, 0.05) is 16.7 Å². The van der Waals surface area contributed by atoms with Gasteiger partial charge in [-0.2, -0.15) is 0 Å². The highest BCUT2D eigenvalue weighted by Gasteiger charge is 2.71. The lowest BCUT2D eigenvalue weighted by atomic mass is 9.62. The van der Waals surface area contributed by atoms with Crippen molar-refractivity contribution in [3.63, 3.8) is 0 Å². The van der Waals surface area contributed by atoms with Crippen molar-refractivity contribution < 1.29 is 54.1 Å². The average molecular weight is 446 g/mol. The first kappa shape index (κ1) is 28.4. The minimum absolute atomic E-state index is 0.269. The fourth-order valence-corrected chi connectivity index (χ4v) is 2.49. The minimum atomic E-state index is -3.30. The fourth-order valence-electron chi connectivity index (χ4n) is 2.49. The molecule has 0 unspecified atom stereocenters. The monoisotopic (exact) mass is 446 g/mol. The quantitative estimate of drug-likeness (QED) is 0.132. The van der Waals surface area contributed by atoms with Crippen molar-refractivity contribution >= 4 is 17.9 Å². The Morgan fingerprint density at radius 1 is 0.613 bits per heavy atom. The number of rotatable bonds is 13. The van der Waals surface area contributed by atoms with Crippen molar-refractivity contribution in [1.82, 2.24) is 0 Å². The molecule has 0 aromatic heterocycles. The third kappa shape index (κ3) is 5.38. The number of esters is 3. The predicted molar refractivity (Wildman–Crippen MR) is 106 cm³/mol. The number of hydrogen-bond acceptors (Lipinski definition) is 11. The molecule has 0 aromatic carbocycles. The molecule has 0 atom stereocenters. The van der Waals surface area contributed by atoms with Gasteiger partial charge in [-0.15, -0.1) is 0 Å². The Hall–Kier alpha value is -2.57. The molecule has 0 aromatic rings. The summed E-state index contributed by atoms with van der Waals surface area (Å²) >= 11 is 0. The topological polar surface area (TPSA) is 180 Å². The summed E-state index contributed by atoms with van der Waals surface area (Å²) in [5.41, 5.74) is -5.80. The van der Waals surface area contributed by atoms with Crippen LogP contribution in [0.5, 0.6) is 0 Å². The summed E-state index contributed by atoms with van der Waals surface area (Å²) in [4.78, 5) is 37.3. The molecule has 0 radical (unpaired) electrons. The minimum Gasteiger partial charge on any atom is -0.396 e. The summed E-state index contributed by atoms with van der Waals surface area (Å²) in [5.74, 6) is -7.18. The van der Waals surface area contributed by atoms with Crippen LogP contribution in [0.2, 0.25) is 0 Å². The molecule has 0 heterocycles. The number of hydrogen-bond donors (Lipinski definition) is 5. The normalized spacial score (nSPS) is 12.0. The summed E-state index contributed by atoms with van der Waals surface area (Å²) < 4.78 is 15.4. The first-order valence-electron chi connectivity index (χ1n) is 9.00. The van der Waals surface area contributed by atoms with Gasteiger partial charge in [-0.1, -0.05) is 19.7 Å². The molecule has 11 nitrogen and oxygen atoms in total. The van der Waals surface area contributed by atoms with Crippen LogP contribution in [0.3, 0.4) is 0 Å². The number of aliphatic hydroxyl groups is 5. The standard InChI is InChI=1S/C20H30O11/c1-12(2)15(26)29-20(30-16(27)13(3)4,31-17(28)14(5)6)19(10-24,11-25)18(7-21,8-22)9-23/h21-25H,1,3,5,7-11H2,2,4,6H3. The summed E-state index contributed by atoms with van der Waals surface area (Å²) in [7, 11) is 0. The second kappa shape index (κ2) is 11.2. The zero-order valence-corrected chi connectivity index (χ0v) is 17.8. The molecule has 0 fully saturated rings. The van der Waals surface area contributed by atoms with Crippen LogP contribution in [0.4, 0.5) is 0 Å². The van der Waals surface area contributed by atoms with E-state index in [2.05, 4.69) is 19.7 Å². The lowest BCUT2D eigenvalue weighted by molar-refractivity contribution is -0.412. The third-order valence-electron chi connectivity index (χ3n) is 4.78. The lowest BCUT2D eigenvalue weighted by Gasteiger charge is -2.52. The van der Waals surface area contributed by atoms with E-state index in [4.69, 9.17) is 14.2 Å². The van der Waals surface area contributed by atoms with E-state index in [1.54, 1.807) is 0 Å². The Labute approximate surface area is 179 Å². The maximum absolute atomic E-state index is 12.4. The molecule has 0 saturated heterocycles. The molecular weight excluding hydrogens is 416 g/mol. The van der Waals surface area contributed by atoms with Crippen LogP contribution in [0.15, 0.2) is 36.5 Å². The van der Waals surface area contributed by atoms with E-state index in [1.165, 1.54) is 20.8 Å². The van der Waals surface area contributed by atoms with Gasteiger partial charge in [-0.3, -0.25) is 0 Å². The molecule has 176 valence electrons. The predicted octanol–water partition coefficient (Wildman–Crippen LogP) is -1.07. The summed E-state index contributed by atoms with van der Waals surface area (Å²) in [6.07, 6.45) is 0. The zero-order valence-electron chi connectivity index (χ0n) is 17.8. The van der Waals surface area contributed by atoms with Gasteiger partial charge < -0.3 is 39.7 Å². The van der Waals surface area contributed by atoms with Gasteiger partial charge in [0.25, 0.3) is 0 Å². The van der Waals surface area contributed by atoms with E-state index < -0.39 is 67.7 Å². The van der Waals surface area contributed by atoms with Crippen LogP contribution in [0.25, 0.3) is 0 Å². The first-order valence-corrected chi connectivity index (χ1v) is 9.00. The zero-order chi connectivity index (χ0) is 24.6. The Morgan fingerprint density at radius 3 is 1.03 bits per heavy atom. The van der Waals surface area contributed by atoms with E-state index in [9.17, 15) is 39.9 Å². The molecule has 0 spiro atoms. The highest BCUT2D eigenvalue weighted by molar-refractivity contribution is 5.90. The van der Waals surface area contributed by atoms with E-state index in [0.29, 0.717) is 0 Å². The van der Waals surface area contributed by atoms with Gasteiger partial charge in [0.2, 0.25) is 0 Å². The van der Waals surface area contributed by atoms with Crippen LogP contribution in [0.1, 0.15) is 20.8 Å². The molecule has 0 aliphatic rings. The Balaban J connectivity index is 7.40. The molecular formula is C20H30O11. The summed E-state index contributed by atoms with van der Waals surface area (Å²) in [5, 5.41) is 50.4. The van der Waals surface area contributed by atoms with E-state index in [0.717, 1.165) is 0 Å². The van der Waals surface area contributed by atoms with Crippen molar-refractivity contribution in [1.29, 1.82) is 0 Å². The molecule has 0 aliphatic carbocycles. The SMILES string of the molecule is C=C(C)C(=O)OC(OC(=O)C(=C)C)(OC(=O)C(=C)C)C(CO)(CO)C(CO)(CO)CO. The van der Waals surface area contributed by atoms with Gasteiger partial charge in [0.1, 0.15) is 5.41 Å². The second-order valence-electron chi connectivity index (χ2n) is 7.22. The highest BCUT2D eigenvalue weighted by atomic mass is 16.9.